The molecular formula is C77H46N4S. The van der Waals surface area contributed by atoms with Crippen molar-refractivity contribution in [3.8, 4) is 73.2 Å². The minimum atomic E-state index is 0.596. The Hall–Kier alpha value is -10.6. The maximum Gasteiger partial charge on any atom is 0.165 e. The summed E-state index contributed by atoms with van der Waals surface area (Å²) in [5, 5.41) is 16.4. The fourth-order valence-corrected chi connectivity index (χ4v) is 14.0. The predicted octanol–water partition coefficient (Wildman–Crippen LogP) is 21.1. The van der Waals surface area contributed by atoms with Crippen molar-refractivity contribution in [3.63, 3.8) is 0 Å². The average Bonchev–Trinajstić information content (AvgIpc) is 2.01. The van der Waals surface area contributed by atoms with Gasteiger partial charge < -0.3 is 4.57 Å². The zero-order valence-corrected chi connectivity index (χ0v) is 45.1. The van der Waals surface area contributed by atoms with Crippen LogP contribution >= 0.6 is 11.3 Å². The van der Waals surface area contributed by atoms with Crippen LogP contribution in [-0.2, 0) is 0 Å². The van der Waals surface area contributed by atoms with Gasteiger partial charge in [0.15, 0.2) is 17.5 Å². The van der Waals surface area contributed by atoms with Crippen LogP contribution < -0.4 is 0 Å². The van der Waals surface area contributed by atoms with Crippen LogP contribution in [-0.4, -0.2) is 19.5 Å². The number of thiophene rings is 1. The first-order chi connectivity index (χ1) is 40.6. The summed E-state index contributed by atoms with van der Waals surface area (Å²) in [6, 6.07) is 102. The molecule has 0 aliphatic carbocycles. The van der Waals surface area contributed by atoms with E-state index >= 15 is 0 Å². The number of rotatable bonds is 7. The minimum Gasteiger partial charge on any atom is -0.308 e. The molecule has 4 nitrogen and oxygen atoms in total. The monoisotopic (exact) mass is 1060 g/mol. The molecule has 82 heavy (non-hydrogen) atoms. The van der Waals surface area contributed by atoms with Crippen molar-refractivity contribution < 1.29 is 0 Å². The molecule has 0 fully saturated rings. The van der Waals surface area contributed by atoms with E-state index in [0.717, 1.165) is 77.3 Å². The van der Waals surface area contributed by atoms with Gasteiger partial charge in [0, 0.05) is 58.4 Å². The van der Waals surface area contributed by atoms with Crippen molar-refractivity contribution in [2.45, 2.75) is 0 Å². The Morgan fingerprint density at radius 3 is 1.56 bits per heavy atom. The molecule has 0 N–H and O–H groups in total. The molecule has 0 saturated heterocycles. The third-order valence-electron chi connectivity index (χ3n) is 16.8. The number of aromatic nitrogens is 4. The molecule has 3 heterocycles. The summed E-state index contributed by atoms with van der Waals surface area (Å²) in [4.78, 5) is 16.9. The lowest BCUT2D eigenvalue weighted by Gasteiger charge is -2.21. The van der Waals surface area contributed by atoms with Crippen LogP contribution in [0.3, 0.4) is 0 Å². The summed E-state index contributed by atoms with van der Waals surface area (Å²) >= 11 is 1.81. The fourth-order valence-electron chi connectivity index (χ4n) is 12.9. The van der Waals surface area contributed by atoms with Gasteiger partial charge in [-0.2, -0.15) is 0 Å². The molecule has 17 aromatic rings. The summed E-state index contributed by atoms with van der Waals surface area (Å²) in [6.45, 7) is 0. The van der Waals surface area contributed by atoms with Crippen molar-refractivity contribution in [3.05, 3.63) is 279 Å². The molecule has 380 valence electrons. The van der Waals surface area contributed by atoms with E-state index in [2.05, 4.69) is 284 Å². The SMILES string of the molecule is c1ccc(-c2ccc3c(-c4nc(-c5ccc(-c6cccc7ccccc67)cc5)nc(-c5ccc6sc7ccccc7c6c5)n4)c(-c4cccc5ccccc45)cc(-n4c5cc6ccccc6cc5c5ccc6ccccc6c54)c3c2)cc1. The Balaban J connectivity index is 1.00. The summed E-state index contributed by atoms with van der Waals surface area (Å²) < 4.78 is 5.03. The first-order valence-corrected chi connectivity index (χ1v) is 28.7. The smallest absolute Gasteiger partial charge is 0.165 e. The lowest BCUT2D eigenvalue weighted by Crippen LogP contribution is -2.04. The largest absolute Gasteiger partial charge is 0.308 e. The van der Waals surface area contributed by atoms with Crippen LogP contribution in [0.2, 0.25) is 0 Å². The molecule has 17 rings (SSSR count). The number of fused-ring (bicyclic) bond motifs is 12. The summed E-state index contributed by atoms with van der Waals surface area (Å²) in [5.74, 6) is 1.81. The van der Waals surface area contributed by atoms with Gasteiger partial charge in [-0.25, -0.2) is 15.0 Å². The molecule has 0 amide bonds. The Morgan fingerprint density at radius 2 is 0.793 bits per heavy atom. The molecule has 0 atom stereocenters. The number of hydrogen-bond donors (Lipinski definition) is 0. The minimum absolute atomic E-state index is 0.596. The van der Waals surface area contributed by atoms with Gasteiger partial charge in [0.25, 0.3) is 0 Å². The van der Waals surface area contributed by atoms with Crippen LogP contribution in [0.25, 0.3) is 169 Å². The van der Waals surface area contributed by atoms with Gasteiger partial charge in [0.05, 0.1) is 16.7 Å². The Labute approximate surface area is 476 Å². The van der Waals surface area contributed by atoms with Crippen molar-refractivity contribution in [2.75, 3.05) is 0 Å². The molecule has 5 heteroatoms. The van der Waals surface area contributed by atoms with Gasteiger partial charge in [0.2, 0.25) is 0 Å². The van der Waals surface area contributed by atoms with Crippen LogP contribution in [0.4, 0.5) is 0 Å². The highest BCUT2D eigenvalue weighted by Gasteiger charge is 2.26. The van der Waals surface area contributed by atoms with Crippen molar-refractivity contribution in [2.24, 2.45) is 0 Å². The number of hydrogen-bond acceptors (Lipinski definition) is 4. The first-order valence-electron chi connectivity index (χ1n) is 27.9. The van der Waals surface area contributed by atoms with Crippen LogP contribution in [0.15, 0.2) is 279 Å². The Morgan fingerprint density at radius 1 is 0.256 bits per heavy atom. The normalized spacial score (nSPS) is 11.9. The third-order valence-corrected chi connectivity index (χ3v) is 18.0. The molecule has 0 spiro atoms. The van der Waals surface area contributed by atoms with Gasteiger partial charge in [-0.3, -0.25) is 0 Å². The van der Waals surface area contributed by atoms with E-state index in [4.69, 9.17) is 15.0 Å². The highest BCUT2D eigenvalue weighted by molar-refractivity contribution is 7.25. The lowest BCUT2D eigenvalue weighted by molar-refractivity contribution is 1.08. The zero-order valence-electron chi connectivity index (χ0n) is 44.3. The van der Waals surface area contributed by atoms with Gasteiger partial charge in [-0.15, -0.1) is 11.3 Å². The molecule has 3 aromatic heterocycles. The second-order valence-electron chi connectivity index (χ2n) is 21.4. The van der Waals surface area contributed by atoms with Gasteiger partial charge in [0.1, 0.15) is 0 Å². The fraction of sp³-hybridized carbons (Fsp3) is 0. The zero-order chi connectivity index (χ0) is 53.8. The second-order valence-corrected chi connectivity index (χ2v) is 22.5. The molecule has 0 unspecified atom stereocenters. The molecule has 0 aliphatic rings. The third kappa shape index (κ3) is 7.41. The molecule has 0 radical (unpaired) electrons. The molecular weight excluding hydrogens is 1010 g/mol. The van der Waals surface area contributed by atoms with Gasteiger partial charge >= 0.3 is 0 Å². The van der Waals surface area contributed by atoms with Gasteiger partial charge in [-0.05, 0) is 125 Å². The summed E-state index contributed by atoms with van der Waals surface area (Å²) in [7, 11) is 0. The topological polar surface area (TPSA) is 43.6 Å². The molecule has 0 saturated carbocycles. The van der Waals surface area contributed by atoms with E-state index in [1.807, 2.05) is 11.3 Å². The van der Waals surface area contributed by atoms with E-state index in [9.17, 15) is 0 Å². The number of benzene rings is 14. The van der Waals surface area contributed by atoms with E-state index in [-0.39, 0.29) is 0 Å². The van der Waals surface area contributed by atoms with Crippen molar-refractivity contribution >= 4 is 107 Å². The standard InChI is InChI=1S/C77H46N4S/c1-2-16-47(17-3-1)55-37-39-63-65(43-55)70(81-69-45-54-22-5-4-21-53(54)42-66(69)64-40-36-50-20-8-11-27-60(50)74(64)81)46-68(61-30-15-24-49-19-7-10-26-59(49)61)73(63)77-79-75(52-34-32-51(33-35-52)58-29-14-23-48-18-6-9-25-57(48)58)78-76(80-77)56-38-41-72-67(44-56)62-28-12-13-31-71(62)82-72/h1-46H. The van der Waals surface area contributed by atoms with E-state index in [0.29, 0.717) is 17.5 Å². The molecule has 0 aliphatic heterocycles. The highest BCUT2D eigenvalue weighted by atomic mass is 32.1. The summed E-state index contributed by atoms with van der Waals surface area (Å²) in [6.07, 6.45) is 0. The number of nitrogens with zero attached hydrogens (tertiary/aromatic N) is 4. The molecule has 14 aromatic carbocycles. The molecule has 0 bridgehead atoms. The second kappa shape index (κ2) is 18.5. The van der Waals surface area contributed by atoms with E-state index < -0.39 is 0 Å². The Bertz CT molecular complexity index is 5450. The Kier molecular flexibility index (Phi) is 10.5. The van der Waals surface area contributed by atoms with E-state index in [1.54, 1.807) is 0 Å². The van der Waals surface area contributed by atoms with Crippen LogP contribution in [0.1, 0.15) is 0 Å². The summed E-state index contributed by atoms with van der Waals surface area (Å²) in [5.41, 5.74) is 12.8. The van der Waals surface area contributed by atoms with Crippen molar-refractivity contribution in [1.29, 1.82) is 0 Å². The van der Waals surface area contributed by atoms with Crippen LogP contribution in [0.5, 0.6) is 0 Å². The van der Waals surface area contributed by atoms with Gasteiger partial charge in [-0.1, -0.05) is 231 Å². The first kappa shape index (κ1) is 46.3. The predicted molar refractivity (Wildman–Crippen MR) is 347 cm³/mol. The maximum atomic E-state index is 5.71. The average molecular weight is 1060 g/mol. The van der Waals surface area contributed by atoms with E-state index in [1.165, 1.54) is 74.3 Å². The lowest BCUT2D eigenvalue weighted by atomic mass is 9.88. The maximum absolute atomic E-state index is 5.71. The highest BCUT2D eigenvalue weighted by Crippen LogP contribution is 2.48. The quantitative estimate of drug-likeness (QED) is 0.160. The van der Waals surface area contributed by atoms with Crippen LogP contribution in [0, 0.1) is 0 Å². The van der Waals surface area contributed by atoms with Crippen molar-refractivity contribution in [1.82, 2.24) is 19.5 Å².